The van der Waals surface area contributed by atoms with E-state index in [1.807, 2.05) is 18.2 Å². The van der Waals surface area contributed by atoms with Crippen LogP contribution >= 0.6 is 0 Å². The Labute approximate surface area is 190 Å². The van der Waals surface area contributed by atoms with Crippen LogP contribution in [-0.4, -0.2) is 67.1 Å². The predicted molar refractivity (Wildman–Crippen MR) is 123 cm³/mol. The minimum atomic E-state index is 0.0952. The van der Waals surface area contributed by atoms with Crippen LogP contribution in [-0.2, 0) is 11.3 Å². The maximum absolute atomic E-state index is 13.2. The first-order valence-corrected chi connectivity index (χ1v) is 11.4. The molecule has 2 aliphatic heterocycles. The highest BCUT2D eigenvalue weighted by Gasteiger charge is 2.30. The lowest BCUT2D eigenvalue weighted by Crippen LogP contribution is -2.44. The molecule has 1 aromatic heterocycles. The van der Waals surface area contributed by atoms with Gasteiger partial charge >= 0.3 is 0 Å². The van der Waals surface area contributed by atoms with Gasteiger partial charge in [-0.2, -0.15) is 5.26 Å². The molecule has 0 N–H and O–H groups in total. The Morgan fingerprint density at radius 3 is 2.50 bits per heavy atom. The number of nitrogens with zero attached hydrogens (tertiary/aromatic N) is 5. The van der Waals surface area contributed by atoms with Crippen LogP contribution < -0.4 is 9.64 Å². The lowest BCUT2D eigenvalue weighted by atomic mass is 9.95. The monoisotopic (exact) mass is 433 g/mol. The second-order valence-corrected chi connectivity index (χ2v) is 8.58. The summed E-state index contributed by atoms with van der Waals surface area (Å²) in [4.78, 5) is 24.3. The second-order valence-electron chi connectivity index (χ2n) is 8.58. The smallest absolute Gasteiger partial charge is 0.225 e. The van der Waals surface area contributed by atoms with E-state index in [0.717, 1.165) is 76.6 Å². The number of rotatable bonds is 5. The number of methoxy groups -OCH3 is 1. The van der Waals surface area contributed by atoms with Gasteiger partial charge in [0.1, 0.15) is 17.6 Å². The van der Waals surface area contributed by atoms with Crippen molar-refractivity contribution in [2.45, 2.75) is 25.8 Å². The summed E-state index contributed by atoms with van der Waals surface area (Å²) < 4.78 is 5.24. The highest BCUT2D eigenvalue weighted by molar-refractivity contribution is 5.79. The van der Waals surface area contributed by atoms with Crippen molar-refractivity contribution in [3.63, 3.8) is 0 Å². The number of benzene rings is 1. The van der Waals surface area contributed by atoms with Gasteiger partial charge < -0.3 is 14.5 Å². The molecule has 7 heteroatoms. The number of ether oxygens (including phenoxy) is 1. The van der Waals surface area contributed by atoms with Gasteiger partial charge in [-0.1, -0.05) is 12.1 Å². The largest absolute Gasteiger partial charge is 0.497 e. The molecule has 168 valence electrons. The highest BCUT2D eigenvalue weighted by Crippen LogP contribution is 2.24. The van der Waals surface area contributed by atoms with E-state index in [0.29, 0.717) is 11.5 Å². The minimum absolute atomic E-state index is 0.0952. The molecule has 1 amide bonds. The zero-order valence-corrected chi connectivity index (χ0v) is 18.7. The second kappa shape index (κ2) is 10.5. The van der Waals surface area contributed by atoms with Gasteiger partial charge in [-0.05, 0) is 49.1 Å². The first-order valence-electron chi connectivity index (χ1n) is 11.4. The van der Waals surface area contributed by atoms with Crippen molar-refractivity contribution in [2.24, 2.45) is 5.92 Å². The number of hydrogen-bond acceptors (Lipinski definition) is 6. The molecule has 1 aromatic carbocycles. The number of carbonyl (C=O) groups excluding carboxylic acids is 1. The molecular formula is C25H31N5O2. The fourth-order valence-corrected chi connectivity index (χ4v) is 4.59. The van der Waals surface area contributed by atoms with Crippen LogP contribution in [0.3, 0.4) is 0 Å². The molecular weight excluding hydrogens is 402 g/mol. The molecule has 2 aliphatic rings. The fraction of sp³-hybridized carbons (Fsp3) is 0.480. The van der Waals surface area contributed by atoms with Gasteiger partial charge in [0.15, 0.2) is 0 Å². The van der Waals surface area contributed by atoms with Crippen molar-refractivity contribution in [3.05, 3.63) is 53.7 Å². The number of aromatic nitrogens is 1. The summed E-state index contributed by atoms with van der Waals surface area (Å²) in [6.45, 7) is 6.12. The number of nitriles is 1. The average Bonchev–Trinajstić information content (AvgIpc) is 3.10. The molecule has 0 aliphatic carbocycles. The van der Waals surface area contributed by atoms with Crippen molar-refractivity contribution < 1.29 is 9.53 Å². The molecule has 0 atom stereocenters. The summed E-state index contributed by atoms with van der Waals surface area (Å²) in [5.41, 5.74) is 1.84. The number of hydrogen-bond donors (Lipinski definition) is 0. The highest BCUT2D eigenvalue weighted by atomic mass is 16.5. The van der Waals surface area contributed by atoms with E-state index in [9.17, 15) is 4.79 Å². The van der Waals surface area contributed by atoms with Crippen molar-refractivity contribution in [1.82, 2.24) is 14.8 Å². The summed E-state index contributed by atoms with van der Waals surface area (Å²) in [5.74, 6) is 2.17. The zero-order valence-electron chi connectivity index (χ0n) is 18.7. The molecule has 0 radical (unpaired) electrons. The van der Waals surface area contributed by atoms with E-state index in [2.05, 4.69) is 37.9 Å². The SMILES string of the molecule is COc1ccc(CN2CCCN(C(=O)C3CCN(c4ccc(C#N)cn4)CC3)CC2)cc1. The van der Waals surface area contributed by atoms with Crippen LogP contribution in [0.5, 0.6) is 5.75 Å². The summed E-state index contributed by atoms with van der Waals surface area (Å²) in [7, 11) is 1.68. The van der Waals surface area contributed by atoms with Crippen LogP contribution in [0.15, 0.2) is 42.6 Å². The molecule has 32 heavy (non-hydrogen) atoms. The normalized spacial score (nSPS) is 18.1. The third-order valence-electron chi connectivity index (χ3n) is 6.51. The molecule has 3 heterocycles. The Balaban J connectivity index is 1.26. The third-order valence-corrected chi connectivity index (χ3v) is 6.51. The molecule has 2 fully saturated rings. The van der Waals surface area contributed by atoms with Crippen molar-refractivity contribution >= 4 is 11.7 Å². The van der Waals surface area contributed by atoms with Gasteiger partial charge in [0.05, 0.1) is 12.7 Å². The van der Waals surface area contributed by atoms with Gasteiger partial charge in [0.25, 0.3) is 0 Å². The van der Waals surface area contributed by atoms with Crippen LogP contribution in [0.2, 0.25) is 0 Å². The molecule has 0 bridgehead atoms. The van der Waals surface area contributed by atoms with E-state index < -0.39 is 0 Å². The Morgan fingerprint density at radius 2 is 1.84 bits per heavy atom. The molecule has 0 spiro atoms. The fourth-order valence-electron chi connectivity index (χ4n) is 4.59. The summed E-state index contributed by atoms with van der Waals surface area (Å²) in [5, 5.41) is 8.93. The molecule has 7 nitrogen and oxygen atoms in total. The van der Waals surface area contributed by atoms with E-state index in [1.54, 1.807) is 19.4 Å². The van der Waals surface area contributed by atoms with Gasteiger partial charge in [-0.3, -0.25) is 9.69 Å². The van der Waals surface area contributed by atoms with Crippen LogP contribution in [0.1, 0.15) is 30.4 Å². The zero-order chi connectivity index (χ0) is 22.3. The Morgan fingerprint density at radius 1 is 1.06 bits per heavy atom. The van der Waals surface area contributed by atoms with E-state index in [-0.39, 0.29) is 5.92 Å². The minimum Gasteiger partial charge on any atom is -0.497 e. The van der Waals surface area contributed by atoms with E-state index >= 15 is 0 Å². The van der Waals surface area contributed by atoms with Crippen molar-refractivity contribution in [2.75, 3.05) is 51.3 Å². The maximum Gasteiger partial charge on any atom is 0.225 e. The number of amides is 1. The lowest BCUT2D eigenvalue weighted by molar-refractivity contribution is -0.136. The van der Waals surface area contributed by atoms with Crippen LogP contribution in [0.25, 0.3) is 0 Å². The molecule has 4 rings (SSSR count). The lowest BCUT2D eigenvalue weighted by Gasteiger charge is -2.34. The maximum atomic E-state index is 13.2. The topological polar surface area (TPSA) is 72.7 Å². The van der Waals surface area contributed by atoms with Gasteiger partial charge in [0, 0.05) is 57.9 Å². The first-order chi connectivity index (χ1) is 15.7. The Hall–Kier alpha value is -3.11. The standard InChI is InChI=1S/C25H31N5O2/c1-32-23-6-3-20(4-7-23)19-28-11-2-12-30(16-15-28)25(31)22-9-13-29(14-10-22)24-8-5-21(17-26)18-27-24/h3-8,18,22H,2,9-16,19H2,1H3. The summed E-state index contributed by atoms with van der Waals surface area (Å²) >= 11 is 0. The molecule has 0 saturated carbocycles. The molecule has 0 unspecified atom stereocenters. The number of anilines is 1. The summed E-state index contributed by atoms with van der Waals surface area (Å²) in [6.07, 6.45) is 4.33. The van der Waals surface area contributed by atoms with Crippen molar-refractivity contribution in [1.29, 1.82) is 5.26 Å². The third kappa shape index (κ3) is 5.38. The summed E-state index contributed by atoms with van der Waals surface area (Å²) in [6, 6.07) is 14.0. The number of piperidine rings is 1. The molecule has 2 saturated heterocycles. The number of carbonyl (C=O) groups is 1. The Bertz CT molecular complexity index is 930. The van der Waals surface area contributed by atoms with Crippen LogP contribution in [0, 0.1) is 17.2 Å². The van der Waals surface area contributed by atoms with Crippen molar-refractivity contribution in [3.8, 4) is 11.8 Å². The van der Waals surface area contributed by atoms with Crippen LogP contribution in [0.4, 0.5) is 5.82 Å². The molecule has 2 aromatic rings. The van der Waals surface area contributed by atoms with E-state index in [4.69, 9.17) is 10.00 Å². The van der Waals surface area contributed by atoms with Gasteiger partial charge in [-0.25, -0.2) is 4.98 Å². The predicted octanol–water partition coefficient (Wildman–Crippen LogP) is 2.91. The quantitative estimate of drug-likeness (QED) is 0.722. The number of pyridine rings is 1. The first kappa shape index (κ1) is 22.1. The van der Waals surface area contributed by atoms with E-state index in [1.165, 1.54) is 5.56 Å². The van der Waals surface area contributed by atoms with Gasteiger partial charge in [0.2, 0.25) is 5.91 Å². The average molecular weight is 434 g/mol. The Kier molecular flexibility index (Phi) is 7.23. The van der Waals surface area contributed by atoms with Gasteiger partial charge in [-0.15, -0.1) is 0 Å².